The van der Waals surface area contributed by atoms with E-state index in [1.807, 2.05) is 0 Å². The second-order valence-electron chi connectivity index (χ2n) is 7.87. The van der Waals surface area contributed by atoms with Gasteiger partial charge in [-0.05, 0) is 36.6 Å². The van der Waals surface area contributed by atoms with Crippen molar-refractivity contribution < 1.29 is 0 Å². The highest BCUT2D eigenvalue weighted by molar-refractivity contribution is 4.81. The fourth-order valence-electron chi connectivity index (χ4n) is 3.76. The summed E-state index contributed by atoms with van der Waals surface area (Å²) in [5.74, 6) is 0.937. The summed E-state index contributed by atoms with van der Waals surface area (Å²) in [5.41, 5.74) is 0.962. The summed E-state index contributed by atoms with van der Waals surface area (Å²) in [7, 11) is 2.30. The maximum atomic E-state index is 2.55. The van der Waals surface area contributed by atoms with Crippen LogP contribution in [0.25, 0.3) is 0 Å². The molecule has 1 aliphatic heterocycles. The highest BCUT2D eigenvalue weighted by Gasteiger charge is 2.29. The zero-order valence-electron chi connectivity index (χ0n) is 13.0. The van der Waals surface area contributed by atoms with Crippen LogP contribution in [0, 0.1) is 16.7 Å². The van der Waals surface area contributed by atoms with Crippen molar-refractivity contribution >= 4 is 0 Å². The Morgan fingerprint density at radius 1 is 1.06 bits per heavy atom. The van der Waals surface area contributed by atoms with Gasteiger partial charge >= 0.3 is 0 Å². The quantitative estimate of drug-likeness (QED) is 0.648. The lowest BCUT2D eigenvalue weighted by Gasteiger charge is -2.39. The van der Waals surface area contributed by atoms with Crippen molar-refractivity contribution in [3.8, 4) is 0 Å². The molecule has 0 N–H and O–H groups in total. The number of hydrogen-bond acceptors (Lipinski definition) is 1. The van der Waals surface area contributed by atoms with Crippen LogP contribution in [-0.4, -0.2) is 25.0 Å². The molecule has 1 saturated heterocycles. The minimum atomic E-state index is 0.475. The van der Waals surface area contributed by atoms with Crippen molar-refractivity contribution in [2.45, 2.75) is 66.7 Å². The topological polar surface area (TPSA) is 3.24 Å². The molecule has 1 heteroatoms. The molecule has 0 aromatic rings. The molecule has 17 heavy (non-hydrogen) atoms. The monoisotopic (exact) mass is 239 g/mol. The minimum absolute atomic E-state index is 0.475. The summed E-state index contributed by atoms with van der Waals surface area (Å²) in [6.07, 6.45) is 6.98. The molecule has 0 aromatic heterocycles. The van der Waals surface area contributed by atoms with Gasteiger partial charge < -0.3 is 4.90 Å². The molecule has 0 aliphatic carbocycles. The van der Waals surface area contributed by atoms with Gasteiger partial charge in [-0.3, -0.25) is 0 Å². The molecule has 1 atom stereocenters. The molecule has 0 spiro atoms. The van der Waals surface area contributed by atoms with Crippen LogP contribution in [-0.2, 0) is 0 Å². The lowest BCUT2D eigenvalue weighted by molar-refractivity contribution is 0.109. The first-order chi connectivity index (χ1) is 7.74. The molecular formula is C16H33N. The number of nitrogens with zero attached hydrogens (tertiary/aromatic N) is 1. The van der Waals surface area contributed by atoms with E-state index in [4.69, 9.17) is 0 Å². The molecule has 1 aliphatic rings. The molecule has 1 heterocycles. The van der Waals surface area contributed by atoms with Gasteiger partial charge in [-0.25, -0.2) is 0 Å². The molecule has 0 bridgehead atoms. The van der Waals surface area contributed by atoms with Crippen LogP contribution >= 0.6 is 0 Å². The third kappa shape index (κ3) is 5.42. The molecule has 1 nitrogen and oxygen atoms in total. The molecule has 1 unspecified atom stereocenters. The van der Waals surface area contributed by atoms with Gasteiger partial charge in [-0.15, -0.1) is 0 Å². The van der Waals surface area contributed by atoms with E-state index in [0.717, 1.165) is 5.92 Å². The summed E-state index contributed by atoms with van der Waals surface area (Å²) in [6, 6.07) is 0. The van der Waals surface area contributed by atoms with Crippen molar-refractivity contribution in [2.24, 2.45) is 16.7 Å². The zero-order valence-corrected chi connectivity index (χ0v) is 13.0. The zero-order chi connectivity index (χ0) is 13.1. The molecule has 0 aromatic carbocycles. The van der Waals surface area contributed by atoms with Crippen molar-refractivity contribution in [1.29, 1.82) is 0 Å². The van der Waals surface area contributed by atoms with Crippen molar-refractivity contribution in [3.63, 3.8) is 0 Å². The minimum Gasteiger partial charge on any atom is -0.305 e. The van der Waals surface area contributed by atoms with E-state index < -0.39 is 0 Å². The number of hydrogen-bond donors (Lipinski definition) is 0. The molecule has 0 radical (unpaired) electrons. The average molecular weight is 239 g/mol. The Balaban J connectivity index is 2.72. The Hall–Kier alpha value is -0.0400. The Kier molecular flexibility index (Phi) is 5.07. The summed E-state index contributed by atoms with van der Waals surface area (Å²) in [5, 5.41) is 0. The van der Waals surface area contributed by atoms with E-state index in [-0.39, 0.29) is 0 Å². The van der Waals surface area contributed by atoms with Crippen LogP contribution < -0.4 is 0 Å². The molecular weight excluding hydrogens is 206 g/mol. The van der Waals surface area contributed by atoms with Crippen LogP contribution in [0.4, 0.5) is 0 Å². The van der Waals surface area contributed by atoms with Crippen LogP contribution in [0.1, 0.15) is 66.7 Å². The summed E-state index contributed by atoms with van der Waals surface area (Å²) in [6.45, 7) is 14.6. The van der Waals surface area contributed by atoms with E-state index in [1.54, 1.807) is 0 Å². The van der Waals surface area contributed by atoms with Gasteiger partial charge in [-0.1, -0.05) is 53.9 Å². The van der Waals surface area contributed by atoms with Crippen molar-refractivity contribution in [1.82, 2.24) is 4.90 Å². The standard InChI is InChI=1S/C16H33N/c1-7-14-9-8-10-15(2,3)12-17(6)13-16(4,5)11-14/h14H,7-13H2,1-6H3. The van der Waals surface area contributed by atoms with Gasteiger partial charge in [0.15, 0.2) is 0 Å². The predicted octanol–water partition coefficient (Wildman–Crippen LogP) is 4.57. The Morgan fingerprint density at radius 3 is 2.24 bits per heavy atom. The molecule has 0 amide bonds. The molecule has 102 valence electrons. The van der Waals surface area contributed by atoms with Crippen LogP contribution in [0.5, 0.6) is 0 Å². The fraction of sp³-hybridized carbons (Fsp3) is 1.00. The Labute approximate surface area is 109 Å². The van der Waals surface area contributed by atoms with E-state index in [1.165, 1.54) is 45.2 Å². The lowest BCUT2D eigenvalue weighted by atomic mass is 9.76. The second-order valence-corrected chi connectivity index (χ2v) is 7.87. The third-order valence-corrected chi connectivity index (χ3v) is 4.28. The van der Waals surface area contributed by atoms with E-state index >= 15 is 0 Å². The Bertz CT molecular complexity index is 230. The van der Waals surface area contributed by atoms with Gasteiger partial charge in [-0.2, -0.15) is 0 Å². The maximum absolute atomic E-state index is 2.55. The second kappa shape index (κ2) is 5.73. The smallest absolute Gasteiger partial charge is 0.00300 e. The van der Waals surface area contributed by atoms with E-state index in [9.17, 15) is 0 Å². The third-order valence-electron chi connectivity index (χ3n) is 4.28. The molecule has 1 rings (SSSR count). The average Bonchev–Trinajstić information content (AvgIpc) is 2.12. The number of rotatable bonds is 1. The fourth-order valence-corrected chi connectivity index (χ4v) is 3.76. The van der Waals surface area contributed by atoms with Crippen molar-refractivity contribution in [2.75, 3.05) is 20.1 Å². The van der Waals surface area contributed by atoms with Gasteiger partial charge in [0.1, 0.15) is 0 Å². The van der Waals surface area contributed by atoms with Crippen molar-refractivity contribution in [3.05, 3.63) is 0 Å². The van der Waals surface area contributed by atoms with Crippen LogP contribution in [0.2, 0.25) is 0 Å². The maximum Gasteiger partial charge on any atom is 0.00300 e. The van der Waals surface area contributed by atoms with Crippen LogP contribution in [0.3, 0.4) is 0 Å². The van der Waals surface area contributed by atoms with Gasteiger partial charge in [0.05, 0.1) is 0 Å². The molecule has 1 fully saturated rings. The highest BCUT2D eigenvalue weighted by atomic mass is 15.1. The molecule has 0 saturated carbocycles. The normalized spacial score (nSPS) is 31.1. The van der Waals surface area contributed by atoms with Gasteiger partial charge in [0.25, 0.3) is 0 Å². The van der Waals surface area contributed by atoms with Gasteiger partial charge in [0, 0.05) is 13.1 Å². The lowest BCUT2D eigenvalue weighted by Crippen LogP contribution is -2.39. The Morgan fingerprint density at radius 2 is 1.65 bits per heavy atom. The largest absolute Gasteiger partial charge is 0.305 e. The van der Waals surface area contributed by atoms with Crippen LogP contribution in [0.15, 0.2) is 0 Å². The first-order valence-electron chi connectivity index (χ1n) is 7.43. The van der Waals surface area contributed by atoms with Gasteiger partial charge in [0.2, 0.25) is 0 Å². The first-order valence-corrected chi connectivity index (χ1v) is 7.43. The summed E-state index contributed by atoms with van der Waals surface area (Å²) < 4.78 is 0. The first kappa shape index (κ1) is 15.0. The predicted molar refractivity (Wildman–Crippen MR) is 77.3 cm³/mol. The SMILES string of the molecule is CCC1CCCC(C)(C)CN(C)CC(C)(C)C1. The highest BCUT2D eigenvalue weighted by Crippen LogP contribution is 2.35. The van der Waals surface area contributed by atoms with E-state index in [0.29, 0.717) is 10.8 Å². The summed E-state index contributed by atoms with van der Waals surface area (Å²) >= 11 is 0. The van der Waals surface area contributed by atoms with E-state index in [2.05, 4.69) is 46.6 Å². The summed E-state index contributed by atoms with van der Waals surface area (Å²) in [4.78, 5) is 2.55.